The van der Waals surface area contributed by atoms with Crippen LogP contribution in [0, 0.1) is 0 Å². The van der Waals surface area contributed by atoms with E-state index in [0.717, 1.165) is 0 Å². The van der Waals surface area contributed by atoms with Gasteiger partial charge in [-0.2, -0.15) is 4.99 Å². The Morgan fingerprint density at radius 2 is 2.46 bits per heavy atom. The number of nitrogens with zero attached hydrogens (tertiary/aromatic N) is 2. The summed E-state index contributed by atoms with van der Waals surface area (Å²) in [6.07, 6.45) is 1.51. The molecule has 1 aromatic rings. The van der Waals surface area contributed by atoms with Crippen molar-refractivity contribution in [2.24, 2.45) is 10.7 Å². The van der Waals surface area contributed by atoms with Gasteiger partial charge in [-0.3, -0.25) is 0 Å². The first kappa shape index (κ1) is 8.46. The average molecular weight is 217 g/mol. The van der Waals surface area contributed by atoms with Gasteiger partial charge in [-0.15, -0.1) is 11.3 Å². The second-order valence-corrected chi connectivity index (χ2v) is 4.12. The zero-order valence-electron chi connectivity index (χ0n) is 6.32. The third kappa shape index (κ3) is 1.50. The highest BCUT2D eigenvalue weighted by molar-refractivity contribution is 7.16. The number of amidine groups is 1. The first-order chi connectivity index (χ1) is 6.16. The number of thiazole rings is 1. The van der Waals surface area contributed by atoms with Crippen molar-refractivity contribution >= 4 is 34.8 Å². The Morgan fingerprint density at radius 3 is 2.92 bits per heavy atom. The number of amides is 2. The van der Waals surface area contributed by atoms with Crippen molar-refractivity contribution in [3.63, 3.8) is 0 Å². The van der Waals surface area contributed by atoms with E-state index in [-0.39, 0.29) is 5.84 Å². The van der Waals surface area contributed by atoms with Crippen LogP contribution in [-0.2, 0) is 0 Å². The fraction of sp³-hybridized carbons (Fsp3) is 0.167. The molecule has 13 heavy (non-hydrogen) atoms. The molecule has 1 aromatic heterocycles. The average Bonchev–Trinajstić information content (AvgIpc) is 2.58. The summed E-state index contributed by atoms with van der Waals surface area (Å²) in [6, 6.07) is -0.848. The number of aromatic nitrogens is 1. The van der Waals surface area contributed by atoms with Crippen molar-refractivity contribution in [1.29, 1.82) is 0 Å². The fourth-order valence-electron chi connectivity index (χ4n) is 1.00. The fourth-order valence-corrected chi connectivity index (χ4v) is 1.99. The van der Waals surface area contributed by atoms with E-state index >= 15 is 0 Å². The molecule has 0 saturated carbocycles. The highest BCUT2D eigenvalue weighted by atomic mass is 35.5. The van der Waals surface area contributed by atoms with Gasteiger partial charge in [0.2, 0.25) is 0 Å². The Labute approximate surface area is 82.6 Å². The van der Waals surface area contributed by atoms with Gasteiger partial charge >= 0.3 is 6.03 Å². The smallest absolute Gasteiger partial charge is 0.343 e. The number of carbonyl (C=O) groups excluding carboxylic acids is 1. The van der Waals surface area contributed by atoms with Gasteiger partial charge in [-0.25, -0.2) is 9.78 Å². The molecule has 0 aliphatic carbocycles. The van der Waals surface area contributed by atoms with E-state index in [1.54, 1.807) is 0 Å². The molecule has 2 heterocycles. The second kappa shape index (κ2) is 2.97. The number of rotatable bonds is 1. The summed E-state index contributed by atoms with van der Waals surface area (Å²) in [4.78, 5) is 18.3. The minimum absolute atomic E-state index is 0.232. The van der Waals surface area contributed by atoms with Crippen LogP contribution in [0.3, 0.4) is 0 Å². The molecule has 68 valence electrons. The van der Waals surface area contributed by atoms with Crippen molar-refractivity contribution < 1.29 is 4.79 Å². The Balaban J connectivity index is 2.29. The van der Waals surface area contributed by atoms with E-state index in [1.807, 2.05) is 0 Å². The minimum Gasteiger partial charge on any atom is -0.385 e. The van der Waals surface area contributed by atoms with Crippen LogP contribution in [0.1, 0.15) is 11.0 Å². The largest absolute Gasteiger partial charge is 0.385 e. The summed E-state index contributed by atoms with van der Waals surface area (Å²) in [5, 5.41) is 3.20. The van der Waals surface area contributed by atoms with Crippen LogP contribution in [0.4, 0.5) is 4.79 Å². The molecule has 1 aliphatic heterocycles. The Bertz CT molecular complexity index is 388. The third-order valence-electron chi connectivity index (χ3n) is 1.54. The summed E-state index contributed by atoms with van der Waals surface area (Å²) in [7, 11) is 0. The quantitative estimate of drug-likeness (QED) is 0.733. The zero-order chi connectivity index (χ0) is 9.42. The normalized spacial score (nSPS) is 21.5. The molecule has 0 bridgehead atoms. The first-order valence-corrected chi connectivity index (χ1v) is 4.62. The molecule has 1 unspecified atom stereocenters. The molecule has 5 nitrogen and oxygen atoms in total. The second-order valence-electron chi connectivity index (χ2n) is 2.42. The number of carbonyl (C=O) groups is 1. The Morgan fingerprint density at radius 1 is 1.69 bits per heavy atom. The predicted octanol–water partition coefficient (Wildman–Crippen LogP) is 0.918. The lowest BCUT2D eigenvalue weighted by atomic mass is 10.3. The molecule has 0 radical (unpaired) electrons. The summed E-state index contributed by atoms with van der Waals surface area (Å²) >= 11 is 6.96. The van der Waals surface area contributed by atoms with Gasteiger partial charge in [-0.1, -0.05) is 11.6 Å². The van der Waals surface area contributed by atoms with Gasteiger partial charge in [-0.05, 0) is 0 Å². The maximum absolute atomic E-state index is 10.8. The molecule has 0 saturated heterocycles. The SMILES string of the molecule is NC1=NC(=O)NC1c1ncc(Cl)s1. The number of hydrogen-bond acceptors (Lipinski definition) is 4. The number of hydrogen-bond donors (Lipinski definition) is 2. The lowest BCUT2D eigenvalue weighted by Gasteiger charge is -2.04. The molecule has 2 amide bonds. The Hall–Kier alpha value is -1.14. The van der Waals surface area contributed by atoms with Gasteiger partial charge in [0.05, 0.1) is 6.20 Å². The van der Waals surface area contributed by atoms with Crippen LogP contribution < -0.4 is 11.1 Å². The van der Waals surface area contributed by atoms with Crippen molar-refractivity contribution in [3.05, 3.63) is 15.5 Å². The maximum atomic E-state index is 10.8. The lowest BCUT2D eigenvalue weighted by Crippen LogP contribution is -2.27. The van der Waals surface area contributed by atoms with E-state index in [9.17, 15) is 4.79 Å². The molecule has 2 rings (SSSR count). The van der Waals surface area contributed by atoms with E-state index in [0.29, 0.717) is 9.34 Å². The third-order valence-corrected chi connectivity index (χ3v) is 2.72. The summed E-state index contributed by atoms with van der Waals surface area (Å²) < 4.78 is 0.559. The predicted molar refractivity (Wildman–Crippen MR) is 50.0 cm³/mol. The van der Waals surface area contributed by atoms with E-state index < -0.39 is 12.1 Å². The number of urea groups is 1. The number of nitrogens with one attached hydrogen (secondary N) is 1. The van der Waals surface area contributed by atoms with Crippen LogP contribution in [0.15, 0.2) is 11.2 Å². The van der Waals surface area contributed by atoms with Crippen LogP contribution in [0.2, 0.25) is 4.34 Å². The molecular weight excluding hydrogens is 212 g/mol. The Kier molecular flexibility index (Phi) is 1.93. The van der Waals surface area contributed by atoms with Gasteiger partial charge in [0.1, 0.15) is 21.2 Å². The molecule has 1 atom stereocenters. The first-order valence-electron chi connectivity index (χ1n) is 3.42. The van der Waals surface area contributed by atoms with Gasteiger partial charge in [0, 0.05) is 0 Å². The maximum Gasteiger partial charge on any atom is 0.343 e. The monoisotopic (exact) mass is 216 g/mol. The lowest BCUT2D eigenvalue weighted by molar-refractivity contribution is 0.250. The van der Waals surface area contributed by atoms with Crippen LogP contribution in [0.5, 0.6) is 0 Å². The molecule has 1 aliphatic rings. The van der Waals surface area contributed by atoms with Gasteiger partial charge < -0.3 is 11.1 Å². The minimum atomic E-state index is -0.436. The van der Waals surface area contributed by atoms with Crippen molar-refractivity contribution in [1.82, 2.24) is 10.3 Å². The number of halogens is 1. The van der Waals surface area contributed by atoms with E-state index in [2.05, 4.69) is 15.3 Å². The van der Waals surface area contributed by atoms with E-state index in [1.165, 1.54) is 17.5 Å². The molecule has 0 fully saturated rings. The van der Waals surface area contributed by atoms with Crippen LogP contribution >= 0.6 is 22.9 Å². The molecule has 3 N–H and O–H groups in total. The highest BCUT2D eigenvalue weighted by Crippen LogP contribution is 2.25. The summed E-state index contributed by atoms with van der Waals surface area (Å²) in [5.41, 5.74) is 5.50. The van der Waals surface area contributed by atoms with Crippen LogP contribution in [0.25, 0.3) is 0 Å². The van der Waals surface area contributed by atoms with Gasteiger partial charge in [0.25, 0.3) is 0 Å². The highest BCUT2D eigenvalue weighted by Gasteiger charge is 2.27. The van der Waals surface area contributed by atoms with Crippen molar-refractivity contribution in [2.75, 3.05) is 0 Å². The van der Waals surface area contributed by atoms with Crippen molar-refractivity contribution in [2.45, 2.75) is 6.04 Å². The summed E-state index contributed by atoms with van der Waals surface area (Å²) in [6.45, 7) is 0. The van der Waals surface area contributed by atoms with Gasteiger partial charge in [0.15, 0.2) is 0 Å². The number of nitrogens with two attached hydrogens (primary N) is 1. The van der Waals surface area contributed by atoms with Crippen molar-refractivity contribution in [3.8, 4) is 0 Å². The molecule has 0 aromatic carbocycles. The number of aliphatic imine (C=N–C) groups is 1. The van der Waals surface area contributed by atoms with Crippen LogP contribution in [-0.4, -0.2) is 16.9 Å². The zero-order valence-corrected chi connectivity index (χ0v) is 7.89. The topological polar surface area (TPSA) is 80.4 Å². The molecular formula is C6H5ClN4OS. The summed E-state index contributed by atoms with van der Waals surface area (Å²) in [5.74, 6) is 0.232. The standard InChI is InChI=1S/C6H5ClN4OS/c7-2-1-9-5(13-2)3-4(8)11-6(12)10-3/h1,3H,(H3,8,10,11,12). The molecule has 0 spiro atoms. The molecule has 7 heteroatoms. The van der Waals surface area contributed by atoms with E-state index in [4.69, 9.17) is 17.3 Å².